The van der Waals surface area contributed by atoms with Gasteiger partial charge in [0.25, 0.3) is 5.91 Å². The van der Waals surface area contributed by atoms with E-state index >= 15 is 0 Å². The number of aromatic nitrogens is 1. The predicted octanol–water partition coefficient (Wildman–Crippen LogP) is 2.18. The molecule has 2 aromatic rings. The van der Waals surface area contributed by atoms with Crippen LogP contribution in [0.5, 0.6) is 5.75 Å². The fourth-order valence-electron chi connectivity index (χ4n) is 3.48. The third-order valence-corrected chi connectivity index (χ3v) is 4.99. The number of carbonyl (C=O) groups excluding carboxylic acids is 1. The summed E-state index contributed by atoms with van der Waals surface area (Å²) in [4.78, 5) is 18.8. The zero-order valence-corrected chi connectivity index (χ0v) is 16.2. The Morgan fingerprint density at radius 2 is 2.18 bits per heavy atom. The van der Waals surface area contributed by atoms with E-state index in [9.17, 15) is 14.3 Å². The molecule has 1 atom stereocenters. The maximum absolute atomic E-state index is 14.1. The zero-order chi connectivity index (χ0) is 20.1. The first-order chi connectivity index (χ1) is 13.4. The highest BCUT2D eigenvalue weighted by atomic mass is 19.1. The number of amides is 1. The van der Waals surface area contributed by atoms with Crippen molar-refractivity contribution in [1.29, 1.82) is 0 Å². The van der Waals surface area contributed by atoms with Crippen LogP contribution in [0.15, 0.2) is 36.4 Å². The van der Waals surface area contributed by atoms with Gasteiger partial charge in [0, 0.05) is 37.4 Å². The number of methoxy groups -OCH3 is 1. The van der Waals surface area contributed by atoms with Crippen molar-refractivity contribution >= 4 is 5.91 Å². The van der Waals surface area contributed by atoms with Crippen LogP contribution in [0, 0.1) is 12.7 Å². The SMILES string of the molecule is COc1ccc(F)c(CN2CCCC(O)(CNCc3cccc(C)n3)C2=O)c1. The number of piperidine rings is 1. The maximum Gasteiger partial charge on any atom is 0.256 e. The van der Waals surface area contributed by atoms with Gasteiger partial charge in [-0.1, -0.05) is 6.07 Å². The Hall–Kier alpha value is -2.51. The zero-order valence-electron chi connectivity index (χ0n) is 16.2. The number of nitrogens with zero attached hydrogens (tertiary/aromatic N) is 2. The number of pyridine rings is 1. The number of hydrogen-bond donors (Lipinski definition) is 2. The van der Waals surface area contributed by atoms with Crippen LogP contribution in [-0.2, 0) is 17.9 Å². The summed E-state index contributed by atoms with van der Waals surface area (Å²) in [6.07, 6.45) is 1.02. The van der Waals surface area contributed by atoms with Gasteiger partial charge in [0.2, 0.25) is 0 Å². The van der Waals surface area contributed by atoms with Gasteiger partial charge in [-0.05, 0) is 50.1 Å². The van der Waals surface area contributed by atoms with E-state index in [1.807, 2.05) is 25.1 Å². The Kier molecular flexibility index (Phi) is 6.26. The Balaban J connectivity index is 1.64. The average molecular weight is 387 g/mol. The minimum atomic E-state index is -1.50. The molecule has 1 aromatic carbocycles. The number of nitrogens with one attached hydrogen (secondary N) is 1. The van der Waals surface area contributed by atoms with E-state index in [0.29, 0.717) is 37.2 Å². The lowest BCUT2D eigenvalue weighted by Gasteiger charge is -2.38. The van der Waals surface area contributed by atoms with Gasteiger partial charge in [-0.3, -0.25) is 9.78 Å². The number of likely N-dealkylation sites (tertiary alicyclic amines) is 1. The van der Waals surface area contributed by atoms with Crippen LogP contribution in [0.1, 0.15) is 29.8 Å². The van der Waals surface area contributed by atoms with Crippen molar-refractivity contribution in [1.82, 2.24) is 15.2 Å². The molecule has 1 amide bonds. The first-order valence-electron chi connectivity index (χ1n) is 9.39. The third kappa shape index (κ3) is 4.66. The smallest absolute Gasteiger partial charge is 0.256 e. The molecule has 0 bridgehead atoms. The van der Waals surface area contributed by atoms with E-state index in [1.54, 1.807) is 6.07 Å². The van der Waals surface area contributed by atoms with Crippen molar-refractivity contribution < 1.29 is 19.0 Å². The fraction of sp³-hybridized carbons (Fsp3) is 0.429. The Morgan fingerprint density at radius 1 is 1.36 bits per heavy atom. The number of carbonyl (C=O) groups is 1. The molecule has 3 rings (SSSR count). The molecule has 2 N–H and O–H groups in total. The first kappa shape index (κ1) is 20.2. The first-order valence-corrected chi connectivity index (χ1v) is 9.39. The highest BCUT2D eigenvalue weighted by Crippen LogP contribution is 2.25. The number of halogens is 1. The fourth-order valence-corrected chi connectivity index (χ4v) is 3.48. The standard InChI is InChI=1S/C21H26FN3O3/c1-15-5-3-6-17(24-15)12-23-14-21(27)9-4-10-25(20(21)26)13-16-11-18(28-2)7-8-19(16)22/h3,5-8,11,23,27H,4,9-10,12-14H2,1-2H3. The van der Waals surface area contributed by atoms with E-state index in [2.05, 4.69) is 10.3 Å². The lowest BCUT2D eigenvalue weighted by atomic mass is 9.91. The lowest BCUT2D eigenvalue weighted by Crippen LogP contribution is -2.57. The van der Waals surface area contributed by atoms with Crippen LogP contribution < -0.4 is 10.1 Å². The van der Waals surface area contributed by atoms with Crippen LogP contribution in [0.25, 0.3) is 0 Å². The van der Waals surface area contributed by atoms with Crippen molar-refractivity contribution in [3.05, 3.63) is 59.2 Å². The minimum absolute atomic E-state index is 0.101. The summed E-state index contributed by atoms with van der Waals surface area (Å²) in [7, 11) is 1.51. The molecule has 1 fully saturated rings. The Bertz CT molecular complexity index is 845. The van der Waals surface area contributed by atoms with Crippen LogP contribution in [0.2, 0.25) is 0 Å². The summed E-state index contributed by atoms with van der Waals surface area (Å²) in [5.74, 6) is -0.250. The highest BCUT2D eigenvalue weighted by molar-refractivity contribution is 5.86. The monoisotopic (exact) mass is 387 g/mol. The second kappa shape index (κ2) is 8.67. The van der Waals surface area contributed by atoms with Gasteiger partial charge in [-0.25, -0.2) is 4.39 Å². The number of benzene rings is 1. The molecule has 7 heteroatoms. The molecule has 1 saturated heterocycles. The molecule has 1 aliphatic rings. The van der Waals surface area contributed by atoms with Crippen molar-refractivity contribution in [3.63, 3.8) is 0 Å². The van der Waals surface area contributed by atoms with Crippen molar-refractivity contribution in [2.45, 2.75) is 38.5 Å². The molecular weight excluding hydrogens is 361 g/mol. The molecule has 1 aromatic heterocycles. The average Bonchev–Trinajstić information content (AvgIpc) is 2.67. The Labute approximate surface area is 164 Å². The van der Waals surface area contributed by atoms with Crippen LogP contribution >= 0.6 is 0 Å². The lowest BCUT2D eigenvalue weighted by molar-refractivity contribution is -0.157. The normalized spacial score (nSPS) is 19.7. The van der Waals surface area contributed by atoms with Crippen molar-refractivity contribution in [2.75, 3.05) is 20.2 Å². The molecule has 0 spiro atoms. The van der Waals surface area contributed by atoms with E-state index in [4.69, 9.17) is 4.74 Å². The molecule has 1 unspecified atom stereocenters. The number of ether oxygens (including phenoxy) is 1. The predicted molar refractivity (Wildman–Crippen MR) is 103 cm³/mol. The third-order valence-electron chi connectivity index (χ3n) is 4.99. The maximum atomic E-state index is 14.1. The largest absolute Gasteiger partial charge is 0.497 e. The molecule has 2 heterocycles. The van der Waals surface area contributed by atoms with Gasteiger partial charge in [-0.2, -0.15) is 0 Å². The van der Waals surface area contributed by atoms with Crippen molar-refractivity contribution in [3.8, 4) is 5.75 Å². The summed E-state index contributed by atoms with van der Waals surface area (Å²) in [6.45, 7) is 3.08. The molecule has 6 nitrogen and oxygen atoms in total. The molecule has 28 heavy (non-hydrogen) atoms. The van der Waals surface area contributed by atoms with Gasteiger partial charge in [0.15, 0.2) is 5.60 Å². The van der Waals surface area contributed by atoms with Gasteiger partial charge in [0.05, 0.1) is 12.8 Å². The second-order valence-electron chi connectivity index (χ2n) is 7.19. The Morgan fingerprint density at radius 3 is 2.93 bits per heavy atom. The molecule has 0 saturated carbocycles. The minimum Gasteiger partial charge on any atom is -0.497 e. The molecule has 0 aliphatic carbocycles. The van der Waals surface area contributed by atoms with Gasteiger partial charge in [0.1, 0.15) is 11.6 Å². The molecular formula is C21H26FN3O3. The number of rotatable bonds is 7. The van der Waals surface area contributed by atoms with Gasteiger partial charge < -0.3 is 20.1 Å². The number of aryl methyl sites for hydroxylation is 1. The summed E-state index contributed by atoms with van der Waals surface area (Å²) in [5, 5.41) is 14.0. The van der Waals surface area contributed by atoms with Crippen molar-refractivity contribution in [2.24, 2.45) is 0 Å². The molecule has 0 radical (unpaired) electrons. The van der Waals surface area contributed by atoms with Crippen LogP contribution in [0.3, 0.4) is 0 Å². The summed E-state index contributed by atoms with van der Waals surface area (Å²) in [6, 6.07) is 10.2. The van der Waals surface area contributed by atoms with Crippen LogP contribution in [-0.4, -0.2) is 46.7 Å². The summed E-state index contributed by atoms with van der Waals surface area (Å²) in [5.41, 5.74) is 0.631. The van der Waals surface area contributed by atoms with E-state index < -0.39 is 11.4 Å². The molecule has 150 valence electrons. The van der Waals surface area contributed by atoms with E-state index in [0.717, 1.165) is 11.4 Å². The summed E-state index contributed by atoms with van der Waals surface area (Å²) < 4.78 is 19.3. The number of hydrogen-bond acceptors (Lipinski definition) is 5. The van der Waals surface area contributed by atoms with Gasteiger partial charge >= 0.3 is 0 Å². The van der Waals surface area contributed by atoms with E-state index in [1.165, 1.54) is 24.1 Å². The topological polar surface area (TPSA) is 74.7 Å². The second-order valence-corrected chi connectivity index (χ2v) is 7.19. The molecule has 1 aliphatic heterocycles. The summed E-state index contributed by atoms with van der Waals surface area (Å²) >= 11 is 0. The van der Waals surface area contributed by atoms with Gasteiger partial charge in [-0.15, -0.1) is 0 Å². The van der Waals surface area contributed by atoms with E-state index in [-0.39, 0.29) is 19.0 Å². The van der Waals surface area contributed by atoms with Crippen LogP contribution in [0.4, 0.5) is 4.39 Å². The number of aliphatic hydroxyl groups is 1. The quantitative estimate of drug-likeness (QED) is 0.762. The highest BCUT2D eigenvalue weighted by Gasteiger charge is 2.41.